The molecule has 5 heteroatoms. The maximum Gasteiger partial charge on any atom is 0.184 e. The summed E-state index contributed by atoms with van der Waals surface area (Å²) in [5.74, 6) is 0.774. The van der Waals surface area contributed by atoms with Crippen molar-refractivity contribution in [2.75, 3.05) is 5.73 Å². The third-order valence-corrected chi connectivity index (χ3v) is 2.51. The molecule has 3 heterocycles. The van der Waals surface area contributed by atoms with Gasteiger partial charge < -0.3 is 10.7 Å². The van der Waals surface area contributed by atoms with E-state index in [4.69, 9.17) is 5.73 Å². The van der Waals surface area contributed by atoms with Crippen LogP contribution in [0.15, 0.2) is 30.6 Å². The predicted octanol–water partition coefficient (Wildman–Crippen LogP) is 1.62. The lowest BCUT2D eigenvalue weighted by Crippen LogP contribution is -1.95. The van der Waals surface area contributed by atoms with E-state index in [1.54, 1.807) is 0 Å². The highest BCUT2D eigenvalue weighted by Crippen LogP contribution is 2.20. The van der Waals surface area contributed by atoms with Crippen molar-refractivity contribution >= 4 is 11.3 Å². The lowest BCUT2D eigenvalue weighted by Gasteiger charge is -2.01. The van der Waals surface area contributed by atoms with Crippen LogP contribution in [0.2, 0.25) is 0 Å². The van der Waals surface area contributed by atoms with Crippen LogP contribution >= 0.6 is 0 Å². The van der Waals surface area contributed by atoms with Crippen molar-refractivity contribution in [3.8, 4) is 11.5 Å². The van der Waals surface area contributed by atoms with Crippen LogP contribution in [-0.4, -0.2) is 19.6 Å². The topological polar surface area (TPSA) is 72.0 Å². The zero-order chi connectivity index (χ0) is 11.1. The van der Waals surface area contributed by atoms with E-state index in [9.17, 15) is 0 Å². The quantitative estimate of drug-likeness (QED) is 0.645. The Labute approximate surface area is 91.9 Å². The van der Waals surface area contributed by atoms with Crippen LogP contribution in [0.25, 0.3) is 17.2 Å². The fourth-order valence-corrected chi connectivity index (χ4v) is 1.81. The standard InChI is InChI=1S/C11H11N5/c1-7-5-8(12)10-14-15-11(16(10)6-7)9-3-2-4-13-9/h2-6,13H,12H2,1H3. The van der Waals surface area contributed by atoms with Crippen LogP contribution < -0.4 is 5.73 Å². The van der Waals surface area contributed by atoms with Gasteiger partial charge in [-0.3, -0.25) is 4.40 Å². The highest BCUT2D eigenvalue weighted by molar-refractivity contribution is 5.68. The first kappa shape index (κ1) is 8.96. The molecule has 3 aromatic heterocycles. The molecule has 16 heavy (non-hydrogen) atoms. The summed E-state index contributed by atoms with van der Waals surface area (Å²) < 4.78 is 1.90. The Kier molecular flexibility index (Phi) is 1.73. The van der Waals surface area contributed by atoms with E-state index in [1.165, 1.54) is 0 Å². The van der Waals surface area contributed by atoms with Crippen molar-refractivity contribution in [2.45, 2.75) is 6.92 Å². The van der Waals surface area contributed by atoms with Gasteiger partial charge in [-0.2, -0.15) is 0 Å². The van der Waals surface area contributed by atoms with Gasteiger partial charge in [-0.15, -0.1) is 10.2 Å². The number of aromatic nitrogens is 4. The molecule has 0 bridgehead atoms. The van der Waals surface area contributed by atoms with Gasteiger partial charge >= 0.3 is 0 Å². The molecule has 3 aromatic rings. The summed E-state index contributed by atoms with van der Waals surface area (Å²) in [4.78, 5) is 3.11. The normalized spacial score (nSPS) is 11.1. The molecule has 0 saturated heterocycles. The number of H-pyrrole nitrogens is 1. The molecule has 0 fully saturated rings. The molecule has 5 nitrogen and oxygen atoms in total. The molecule has 0 aliphatic rings. The number of pyridine rings is 1. The summed E-state index contributed by atoms with van der Waals surface area (Å²) >= 11 is 0. The van der Waals surface area contributed by atoms with Gasteiger partial charge in [0.15, 0.2) is 11.5 Å². The van der Waals surface area contributed by atoms with Crippen LogP contribution in [-0.2, 0) is 0 Å². The van der Waals surface area contributed by atoms with Gasteiger partial charge in [0.2, 0.25) is 0 Å². The average Bonchev–Trinajstić information content (AvgIpc) is 2.83. The molecular weight excluding hydrogens is 202 g/mol. The second-order valence-corrected chi connectivity index (χ2v) is 3.77. The van der Waals surface area contributed by atoms with E-state index in [1.807, 2.05) is 41.9 Å². The van der Waals surface area contributed by atoms with Crippen LogP contribution in [0.1, 0.15) is 5.56 Å². The van der Waals surface area contributed by atoms with E-state index in [0.717, 1.165) is 17.1 Å². The summed E-state index contributed by atoms with van der Waals surface area (Å²) in [6, 6.07) is 5.77. The van der Waals surface area contributed by atoms with Crippen LogP contribution in [0.5, 0.6) is 0 Å². The molecule has 0 radical (unpaired) electrons. The lowest BCUT2D eigenvalue weighted by molar-refractivity contribution is 1.09. The number of rotatable bonds is 1. The summed E-state index contributed by atoms with van der Waals surface area (Å²) in [6.45, 7) is 1.99. The zero-order valence-electron chi connectivity index (χ0n) is 8.81. The molecule has 0 saturated carbocycles. The van der Waals surface area contributed by atoms with Gasteiger partial charge in [0, 0.05) is 12.4 Å². The van der Waals surface area contributed by atoms with E-state index < -0.39 is 0 Å². The van der Waals surface area contributed by atoms with E-state index in [0.29, 0.717) is 11.3 Å². The summed E-state index contributed by atoms with van der Waals surface area (Å²) in [6.07, 6.45) is 3.83. The average molecular weight is 213 g/mol. The number of nitrogen functional groups attached to an aromatic ring is 1. The zero-order valence-corrected chi connectivity index (χ0v) is 8.81. The summed E-state index contributed by atoms with van der Waals surface area (Å²) in [5.41, 5.74) is 9.23. The Morgan fingerprint density at radius 2 is 2.25 bits per heavy atom. The highest BCUT2D eigenvalue weighted by atomic mass is 15.3. The minimum atomic E-state index is 0.644. The van der Waals surface area contributed by atoms with Crippen LogP contribution in [0.4, 0.5) is 5.69 Å². The molecule has 0 atom stereocenters. The smallest absolute Gasteiger partial charge is 0.184 e. The Hall–Kier alpha value is -2.30. The first-order chi connectivity index (χ1) is 7.75. The monoisotopic (exact) mass is 213 g/mol. The van der Waals surface area contributed by atoms with Gasteiger partial charge in [-0.05, 0) is 30.7 Å². The Morgan fingerprint density at radius 3 is 3.00 bits per heavy atom. The van der Waals surface area contributed by atoms with Crippen molar-refractivity contribution in [3.63, 3.8) is 0 Å². The molecule has 0 aromatic carbocycles. The Balaban J connectivity index is 2.35. The van der Waals surface area contributed by atoms with Gasteiger partial charge in [0.05, 0.1) is 11.4 Å². The minimum Gasteiger partial charge on any atom is -0.396 e. The van der Waals surface area contributed by atoms with Crippen molar-refractivity contribution in [1.29, 1.82) is 0 Å². The number of fused-ring (bicyclic) bond motifs is 1. The molecule has 0 aliphatic heterocycles. The van der Waals surface area contributed by atoms with E-state index in [-0.39, 0.29) is 0 Å². The van der Waals surface area contributed by atoms with Crippen LogP contribution in [0.3, 0.4) is 0 Å². The van der Waals surface area contributed by atoms with Crippen molar-refractivity contribution in [3.05, 3.63) is 36.2 Å². The fraction of sp³-hybridized carbons (Fsp3) is 0.0909. The van der Waals surface area contributed by atoms with Gasteiger partial charge in [-0.25, -0.2) is 0 Å². The van der Waals surface area contributed by atoms with Crippen molar-refractivity contribution in [2.24, 2.45) is 0 Å². The lowest BCUT2D eigenvalue weighted by atomic mass is 10.3. The third kappa shape index (κ3) is 1.18. The second kappa shape index (κ2) is 3.10. The molecule has 0 amide bonds. The number of nitrogens with two attached hydrogens (primary N) is 1. The second-order valence-electron chi connectivity index (χ2n) is 3.77. The predicted molar refractivity (Wildman–Crippen MR) is 61.9 cm³/mol. The van der Waals surface area contributed by atoms with E-state index in [2.05, 4.69) is 15.2 Å². The molecule has 0 spiro atoms. The number of aromatic amines is 1. The molecule has 80 valence electrons. The molecule has 3 rings (SSSR count). The number of nitrogens with zero attached hydrogens (tertiary/aromatic N) is 3. The molecular formula is C11H11N5. The first-order valence-electron chi connectivity index (χ1n) is 5.00. The largest absolute Gasteiger partial charge is 0.396 e. The molecule has 3 N–H and O–H groups in total. The third-order valence-electron chi connectivity index (χ3n) is 2.51. The molecule has 0 unspecified atom stereocenters. The summed E-state index contributed by atoms with van der Waals surface area (Å²) in [7, 11) is 0. The molecule has 0 aliphatic carbocycles. The maximum absolute atomic E-state index is 5.89. The maximum atomic E-state index is 5.89. The van der Waals surface area contributed by atoms with Crippen LogP contribution in [0, 0.1) is 6.92 Å². The van der Waals surface area contributed by atoms with Gasteiger partial charge in [0.25, 0.3) is 0 Å². The summed E-state index contributed by atoms with van der Waals surface area (Å²) in [5, 5.41) is 8.22. The number of anilines is 1. The Bertz CT molecular complexity index is 636. The highest BCUT2D eigenvalue weighted by Gasteiger charge is 2.10. The SMILES string of the molecule is Cc1cc(N)c2nnc(-c3ccc[nH]3)n2c1. The van der Waals surface area contributed by atoms with Gasteiger partial charge in [0.1, 0.15) is 0 Å². The van der Waals surface area contributed by atoms with Crippen molar-refractivity contribution < 1.29 is 0 Å². The van der Waals surface area contributed by atoms with Crippen molar-refractivity contribution in [1.82, 2.24) is 19.6 Å². The first-order valence-corrected chi connectivity index (χ1v) is 5.00. The minimum absolute atomic E-state index is 0.644. The Morgan fingerprint density at radius 1 is 1.38 bits per heavy atom. The van der Waals surface area contributed by atoms with E-state index >= 15 is 0 Å². The number of hydrogen-bond acceptors (Lipinski definition) is 3. The fourth-order valence-electron chi connectivity index (χ4n) is 1.81. The van der Waals surface area contributed by atoms with Gasteiger partial charge in [-0.1, -0.05) is 0 Å². The number of aryl methyl sites for hydroxylation is 1. The number of nitrogens with one attached hydrogen (secondary N) is 1. The number of hydrogen-bond donors (Lipinski definition) is 2.